The summed E-state index contributed by atoms with van der Waals surface area (Å²) >= 11 is 5.82. The predicted molar refractivity (Wildman–Crippen MR) is 79.6 cm³/mol. The van der Waals surface area contributed by atoms with E-state index in [4.69, 9.17) is 11.6 Å². The van der Waals surface area contributed by atoms with Crippen LogP contribution < -0.4 is 5.32 Å². The molecule has 0 unspecified atom stereocenters. The zero-order chi connectivity index (χ0) is 14.2. The van der Waals surface area contributed by atoms with Crippen molar-refractivity contribution in [2.75, 3.05) is 6.54 Å². The predicted octanol–water partition coefficient (Wildman–Crippen LogP) is 2.68. The summed E-state index contributed by atoms with van der Waals surface area (Å²) in [5, 5.41) is 3.65. The van der Waals surface area contributed by atoms with Gasteiger partial charge in [-0.05, 0) is 30.5 Å². The molecule has 0 saturated heterocycles. The maximum Gasteiger partial charge on any atom is 0.220 e. The standard InChI is InChI=1S/C15H18ClN3O/c16-14-5-2-13(3-6-14)4-7-15(20)18-8-1-10-19-11-9-17-12-19/h2-3,5-6,9,11-12H,1,4,7-8,10H2,(H,18,20). The average molecular weight is 292 g/mol. The lowest BCUT2D eigenvalue weighted by Crippen LogP contribution is -2.25. The highest BCUT2D eigenvalue weighted by molar-refractivity contribution is 6.30. The topological polar surface area (TPSA) is 46.9 Å². The lowest BCUT2D eigenvalue weighted by Gasteiger charge is -2.06. The first kappa shape index (κ1) is 14.6. The Bertz CT molecular complexity index is 523. The summed E-state index contributed by atoms with van der Waals surface area (Å²) in [5.74, 6) is 0.0885. The molecule has 1 heterocycles. The van der Waals surface area contributed by atoms with E-state index >= 15 is 0 Å². The molecule has 0 aliphatic heterocycles. The normalized spacial score (nSPS) is 10.4. The smallest absolute Gasteiger partial charge is 0.220 e. The van der Waals surface area contributed by atoms with Crippen molar-refractivity contribution in [1.82, 2.24) is 14.9 Å². The maximum atomic E-state index is 11.7. The molecule has 0 spiro atoms. The fourth-order valence-corrected chi connectivity index (χ4v) is 2.03. The van der Waals surface area contributed by atoms with E-state index in [9.17, 15) is 4.79 Å². The fourth-order valence-electron chi connectivity index (χ4n) is 1.91. The molecule has 2 rings (SSSR count). The number of nitrogens with one attached hydrogen (secondary N) is 1. The van der Waals surface area contributed by atoms with Crippen LogP contribution in [-0.4, -0.2) is 22.0 Å². The summed E-state index contributed by atoms with van der Waals surface area (Å²) in [7, 11) is 0. The molecule has 0 radical (unpaired) electrons. The van der Waals surface area contributed by atoms with Crippen molar-refractivity contribution < 1.29 is 4.79 Å². The van der Waals surface area contributed by atoms with Gasteiger partial charge in [0.15, 0.2) is 0 Å². The van der Waals surface area contributed by atoms with Crippen LogP contribution in [0.2, 0.25) is 5.02 Å². The average Bonchev–Trinajstić information content (AvgIpc) is 2.96. The number of hydrogen-bond donors (Lipinski definition) is 1. The van der Waals surface area contributed by atoms with Crippen molar-refractivity contribution in [3.05, 3.63) is 53.6 Å². The second kappa shape index (κ2) is 7.70. The number of benzene rings is 1. The van der Waals surface area contributed by atoms with E-state index in [2.05, 4.69) is 10.3 Å². The molecule has 20 heavy (non-hydrogen) atoms. The first-order valence-corrected chi connectivity index (χ1v) is 7.09. The minimum atomic E-state index is 0.0885. The molecule has 0 bridgehead atoms. The van der Waals surface area contributed by atoms with E-state index in [1.165, 1.54) is 0 Å². The molecule has 2 aromatic rings. The fraction of sp³-hybridized carbons (Fsp3) is 0.333. The number of imidazole rings is 1. The monoisotopic (exact) mass is 291 g/mol. The minimum Gasteiger partial charge on any atom is -0.356 e. The van der Waals surface area contributed by atoms with Gasteiger partial charge in [0.1, 0.15) is 0 Å². The van der Waals surface area contributed by atoms with Crippen LogP contribution in [0.1, 0.15) is 18.4 Å². The van der Waals surface area contributed by atoms with Crippen LogP contribution in [-0.2, 0) is 17.8 Å². The van der Waals surface area contributed by atoms with E-state index in [0.717, 1.165) is 30.0 Å². The van der Waals surface area contributed by atoms with Gasteiger partial charge in [0.25, 0.3) is 0 Å². The number of carbonyl (C=O) groups is 1. The molecule has 1 aromatic heterocycles. The molecule has 0 aliphatic carbocycles. The Morgan fingerprint density at radius 2 is 2.10 bits per heavy atom. The number of aromatic nitrogens is 2. The van der Waals surface area contributed by atoms with Crippen LogP contribution in [0.4, 0.5) is 0 Å². The Morgan fingerprint density at radius 1 is 1.30 bits per heavy atom. The molecule has 0 saturated carbocycles. The van der Waals surface area contributed by atoms with Gasteiger partial charge in [-0.3, -0.25) is 4.79 Å². The lowest BCUT2D eigenvalue weighted by atomic mass is 10.1. The molecule has 4 nitrogen and oxygen atoms in total. The third-order valence-corrected chi connectivity index (χ3v) is 3.28. The number of aryl methyl sites for hydroxylation is 2. The molecule has 106 valence electrons. The zero-order valence-corrected chi connectivity index (χ0v) is 12.0. The molecule has 1 aromatic carbocycles. The van der Waals surface area contributed by atoms with E-state index in [1.807, 2.05) is 35.0 Å². The quantitative estimate of drug-likeness (QED) is 0.797. The van der Waals surface area contributed by atoms with Crippen LogP contribution in [0.5, 0.6) is 0 Å². The summed E-state index contributed by atoms with van der Waals surface area (Å²) in [4.78, 5) is 15.7. The summed E-state index contributed by atoms with van der Waals surface area (Å²) < 4.78 is 2.00. The van der Waals surface area contributed by atoms with Gasteiger partial charge in [-0.15, -0.1) is 0 Å². The highest BCUT2D eigenvalue weighted by Gasteiger charge is 2.02. The van der Waals surface area contributed by atoms with Crippen molar-refractivity contribution in [3.63, 3.8) is 0 Å². The number of rotatable bonds is 7. The van der Waals surface area contributed by atoms with E-state index < -0.39 is 0 Å². The molecule has 1 amide bonds. The van der Waals surface area contributed by atoms with E-state index in [-0.39, 0.29) is 5.91 Å². The summed E-state index contributed by atoms with van der Waals surface area (Å²) in [5.41, 5.74) is 1.13. The van der Waals surface area contributed by atoms with Gasteiger partial charge in [-0.25, -0.2) is 4.98 Å². The number of amides is 1. The molecule has 0 aliphatic rings. The number of hydrogen-bond acceptors (Lipinski definition) is 2. The second-order valence-electron chi connectivity index (χ2n) is 4.63. The second-order valence-corrected chi connectivity index (χ2v) is 5.07. The number of carbonyl (C=O) groups excluding carboxylic acids is 1. The summed E-state index contributed by atoms with van der Waals surface area (Å²) in [6.07, 6.45) is 7.61. The Balaban J connectivity index is 1.59. The van der Waals surface area contributed by atoms with Crippen molar-refractivity contribution >= 4 is 17.5 Å². The van der Waals surface area contributed by atoms with Gasteiger partial charge < -0.3 is 9.88 Å². The van der Waals surface area contributed by atoms with Crippen LogP contribution in [0.15, 0.2) is 43.0 Å². The Labute approximate surface area is 123 Å². The van der Waals surface area contributed by atoms with Gasteiger partial charge in [-0.1, -0.05) is 23.7 Å². The van der Waals surface area contributed by atoms with Gasteiger partial charge >= 0.3 is 0 Å². The largest absolute Gasteiger partial charge is 0.356 e. The highest BCUT2D eigenvalue weighted by atomic mass is 35.5. The van der Waals surface area contributed by atoms with Crippen LogP contribution >= 0.6 is 11.6 Å². The van der Waals surface area contributed by atoms with Crippen LogP contribution in [0.3, 0.4) is 0 Å². The zero-order valence-electron chi connectivity index (χ0n) is 11.3. The van der Waals surface area contributed by atoms with Crippen LogP contribution in [0, 0.1) is 0 Å². The molecular formula is C15H18ClN3O. The molecular weight excluding hydrogens is 274 g/mol. The third kappa shape index (κ3) is 5.05. The SMILES string of the molecule is O=C(CCc1ccc(Cl)cc1)NCCCn1ccnc1. The number of nitrogens with zero attached hydrogens (tertiary/aromatic N) is 2. The van der Waals surface area contributed by atoms with Gasteiger partial charge in [0, 0.05) is 36.9 Å². The van der Waals surface area contributed by atoms with Crippen molar-refractivity contribution in [2.45, 2.75) is 25.8 Å². The molecule has 1 N–H and O–H groups in total. The first-order chi connectivity index (χ1) is 9.74. The Kier molecular flexibility index (Phi) is 5.62. The van der Waals surface area contributed by atoms with E-state index in [1.54, 1.807) is 12.5 Å². The maximum absolute atomic E-state index is 11.7. The van der Waals surface area contributed by atoms with Crippen LogP contribution in [0.25, 0.3) is 0 Å². The van der Waals surface area contributed by atoms with Gasteiger partial charge in [0.05, 0.1) is 6.33 Å². The van der Waals surface area contributed by atoms with Gasteiger partial charge in [-0.2, -0.15) is 0 Å². The van der Waals surface area contributed by atoms with Gasteiger partial charge in [0.2, 0.25) is 5.91 Å². The summed E-state index contributed by atoms with van der Waals surface area (Å²) in [6, 6.07) is 7.60. The molecule has 0 fully saturated rings. The lowest BCUT2D eigenvalue weighted by molar-refractivity contribution is -0.121. The molecule has 5 heteroatoms. The summed E-state index contributed by atoms with van der Waals surface area (Å²) in [6.45, 7) is 1.56. The number of halogens is 1. The first-order valence-electron chi connectivity index (χ1n) is 6.71. The Hall–Kier alpha value is -1.81. The van der Waals surface area contributed by atoms with Crippen molar-refractivity contribution in [2.24, 2.45) is 0 Å². The van der Waals surface area contributed by atoms with E-state index in [0.29, 0.717) is 13.0 Å². The molecule has 0 atom stereocenters. The van der Waals surface area contributed by atoms with Crippen molar-refractivity contribution in [1.29, 1.82) is 0 Å². The minimum absolute atomic E-state index is 0.0885. The Morgan fingerprint density at radius 3 is 2.80 bits per heavy atom. The third-order valence-electron chi connectivity index (χ3n) is 3.03. The van der Waals surface area contributed by atoms with Crippen molar-refractivity contribution in [3.8, 4) is 0 Å². The highest BCUT2D eigenvalue weighted by Crippen LogP contribution is 2.10.